The first kappa shape index (κ1) is 22.1. The lowest BCUT2D eigenvalue weighted by Crippen LogP contribution is -2.40. The molecule has 0 aliphatic carbocycles. The topological polar surface area (TPSA) is 84.9 Å². The van der Waals surface area contributed by atoms with Gasteiger partial charge in [-0.1, -0.05) is 0 Å². The molecular weight excluding hydrogens is 418 g/mol. The number of rotatable bonds is 6. The third-order valence-corrected chi connectivity index (χ3v) is 6.24. The van der Waals surface area contributed by atoms with E-state index in [0.29, 0.717) is 19.3 Å². The third kappa shape index (κ3) is 4.94. The highest BCUT2D eigenvalue weighted by Gasteiger charge is 2.27. The van der Waals surface area contributed by atoms with Gasteiger partial charge in [0.2, 0.25) is 10.0 Å². The molecule has 1 heterocycles. The molecule has 0 aromatic heterocycles. The van der Waals surface area contributed by atoms with Crippen LogP contribution in [0, 0.1) is 11.6 Å². The van der Waals surface area contributed by atoms with Gasteiger partial charge in [-0.25, -0.2) is 17.2 Å². The van der Waals surface area contributed by atoms with Gasteiger partial charge in [-0.05, 0) is 44.2 Å². The normalized spacial score (nSPS) is 15.2. The zero-order valence-electron chi connectivity index (χ0n) is 16.5. The Morgan fingerprint density at radius 2 is 1.83 bits per heavy atom. The Morgan fingerprint density at radius 1 is 1.13 bits per heavy atom. The summed E-state index contributed by atoms with van der Waals surface area (Å²) in [6, 6.07) is 6.66. The molecule has 0 spiro atoms. The van der Waals surface area contributed by atoms with Crippen LogP contribution in [-0.2, 0) is 14.8 Å². The molecule has 0 unspecified atom stereocenters. The molecule has 2 aromatic carbocycles. The number of sulfonamides is 1. The van der Waals surface area contributed by atoms with Gasteiger partial charge in [0.15, 0.2) is 0 Å². The van der Waals surface area contributed by atoms with E-state index in [-0.39, 0.29) is 41.1 Å². The Morgan fingerprint density at radius 3 is 2.47 bits per heavy atom. The van der Waals surface area contributed by atoms with E-state index in [4.69, 9.17) is 9.47 Å². The van der Waals surface area contributed by atoms with Crippen molar-refractivity contribution in [1.82, 2.24) is 4.31 Å². The molecular formula is C20H22F2N2O5S. The van der Waals surface area contributed by atoms with Crippen molar-refractivity contribution in [3.05, 3.63) is 53.6 Å². The highest BCUT2D eigenvalue weighted by molar-refractivity contribution is 7.89. The summed E-state index contributed by atoms with van der Waals surface area (Å²) in [6.45, 7) is 4.56. The second-order valence-electron chi connectivity index (χ2n) is 6.92. The first-order chi connectivity index (χ1) is 14.2. The minimum absolute atomic E-state index is 0.0459. The van der Waals surface area contributed by atoms with E-state index in [2.05, 4.69) is 5.32 Å². The number of hydrogen-bond donors (Lipinski definition) is 1. The highest BCUT2D eigenvalue weighted by atomic mass is 32.2. The van der Waals surface area contributed by atoms with Crippen molar-refractivity contribution in [1.29, 1.82) is 0 Å². The zero-order valence-corrected chi connectivity index (χ0v) is 17.3. The predicted molar refractivity (Wildman–Crippen MR) is 106 cm³/mol. The fourth-order valence-electron chi connectivity index (χ4n) is 2.92. The number of halogens is 2. The quantitative estimate of drug-likeness (QED) is 0.747. The first-order valence-corrected chi connectivity index (χ1v) is 10.8. The molecule has 7 nitrogen and oxygen atoms in total. The average Bonchev–Trinajstić information content (AvgIpc) is 2.69. The Balaban J connectivity index is 1.96. The van der Waals surface area contributed by atoms with Crippen LogP contribution >= 0.6 is 0 Å². The van der Waals surface area contributed by atoms with E-state index >= 15 is 0 Å². The van der Waals surface area contributed by atoms with E-state index in [1.165, 1.54) is 22.5 Å². The number of morpholine rings is 1. The summed E-state index contributed by atoms with van der Waals surface area (Å²) in [4.78, 5) is 12.5. The van der Waals surface area contributed by atoms with E-state index in [1.807, 2.05) is 0 Å². The predicted octanol–water partition coefficient (Wildman–Crippen LogP) is 3.03. The minimum Gasteiger partial charge on any atom is -0.489 e. The maximum Gasteiger partial charge on any atom is 0.258 e. The lowest BCUT2D eigenvalue weighted by Gasteiger charge is -2.26. The molecule has 1 N–H and O–H groups in total. The lowest BCUT2D eigenvalue weighted by molar-refractivity contribution is 0.0730. The molecule has 10 heteroatoms. The molecule has 2 aromatic rings. The Kier molecular flexibility index (Phi) is 6.69. The summed E-state index contributed by atoms with van der Waals surface area (Å²) >= 11 is 0. The number of hydrogen-bond acceptors (Lipinski definition) is 5. The lowest BCUT2D eigenvalue weighted by atomic mass is 10.2. The van der Waals surface area contributed by atoms with Gasteiger partial charge in [0, 0.05) is 19.2 Å². The van der Waals surface area contributed by atoms with E-state index in [9.17, 15) is 22.0 Å². The van der Waals surface area contributed by atoms with Crippen LogP contribution in [-0.4, -0.2) is 51.0 Å². The molecule has 0 saturated carbocycles. The van der Waals surface area contributed by atoms with Gasteiger partial charge < -0.3 is 14.8 Å². The maximum absolute atomic E-state index is 14.0. The first-order valence-electron chi connectivity index (χ1n) is 9.33. The molecule has 1 saturated heterocycles. The molecule has 1 aliphatic rings. The fourth-order valence-corrected chi connectivity index (χ4v) is 4.36. The van der Waals surface area contributed by atoms with Gasteiger partial charge in [0.25, 0.3) is 5.91 Å². The van der Waals surface area contributed by atoms with Crippen molar-refractivity contribution < 1.29 is 31.5 Å². The maximum atomic E-state index is 14.0. The molecule has 0 atom stereocenters. The second kappa shape index (κ2) is 9.07. The van der Waals surface area contributed by atoms with Gasteiger partial charge >= 0.3 is 0 Å². The third-order valence-electron chi connectivity index (χ3n) is 4.35. The van der Waals surface area contributed by atoms with Crippen LogP contribution in [0.4, 0.5) is 14.5 Å². The molecule has 0 bridgehead atoms. The van der Waals surface area contributed by atoms with Crippen molar-refractivity contribution in [2.24, 2.45) is 0 Å². The number of benzene rings is 2. The van der Waals surface area contributed by atoms with Crippen molar-refractivity contribution in [2.45, 2.75) is 24.8 Å². The van der Waals surface area contributed by atoms with Crippen LogP contribution in [0.25, 0.3) is 0 Å². The molecule has 1 aliphatic heterocycles. The molecule has 3 rings (SSSR count). The zero-order chi connectivity index (χ0) is 21.9. The van der Waals surface area contributed by atoms with Crippen molar-refractivity contribution in [3.8, 4) is 5.75 Å². The average molecular weight is 440 g/mol. The Labute approximate surface area is 173 Å². The van der Waals surface area contributed by atoms with Gasteiger partial charge in [-0.15, -0.1) is 0 Å². The standard InChI is InChI=1S/C20H22F2N2O5S/c1-13(2)29-19-6-4-15(30(26,27)24-7-9-28-10-8-24)12-18(19)23-20(25)16-5-3-14(21)11-17(16)22/h3-6,11-13H,7-10H2,1-2H3,(H,23,25). The molecule has 1 fully saturated rings. The molecule has 30 heavy (non-hydrogen) atoms. The van der Waals surface area contributed by atoms with Crippen LogP contribution in [0.3, 0.4) is 0 Å². The van der Waals surface area contributed by atoms with Gasteiger partial charge in [0.05, 0.1) is 35.5 Å². The molecule has 0 radical (unpaired) electrons. The Hall–Kier alpha value is -2.56. The number of ether oxygens (including phenoxy) is 2. The van der Waals surface area contributed by atoms with Crippen molar-refractivity contribution in [2.75, 3.05) is 31.6 Å². The van der Waals surface area contributed by atoms with Crippen molar-refractivity contribution in [3.63, 3.8) is 0 Å². The fraction of sp³-hybridized carbons (Fsp3) is 0.350. The number of carbonyl (C=O) groups excluding carboxylic acids is 1. The van der Waals surface area contributed by atoms with E-state index in [0.717, 1.165) is 12.1 Å². The van der Waals surface area contributed by atoms with Gasteiger partial charge in [0.1, 0.15) is 17.4 Å². The number of nitrogens with zero attached hydrogens (tertiary/aromatic N) is 1. The molecule has 162 valence electrons. The summed E-state index contributed by atoms with van der Waals surface area (Å²) in [6.07, 6.45) is -0.259. The van der Waals surface area contributed by atoms with Crippen LogP contribution in [0.2, 0.25) is 0 Å². The van der Waals surface area contributed by atoms with E-state index in [1.54, 1.807) is 13.8 Å². The summed E-state index contributed by atoms with van der Waals surface area (Å²) < 4.78 is 65.1. The Bertz CT molecular complexity index is 1040. The van der Waals surface area contributed by atoms with Crippen molar-refractivity contribution >= 4 is 21.6 Å². The summed E-state index contributed by atoms with van der Waals surface area (Å²) in [5, 5.41) is 2.47. The van der Waals surface area contributed by atoms with Crippen LogP contribution in [0.1, 0.15) is 24.2 Å². The summed E-state index contributed by atoms with van der Waals surface area (Å²) in [5.74, 6) is -2.48. The SMILES string of the molecule is CC(C)Oc1ccc(S(=O)(=O)N2CCOCC2)cc1NC(=O)c1ccc(F)cc1F. The number of anilines is 1. The monoisotopic (exact) mass is 440 g/mol. The highest BCUT2D eigenvalue weighted by Crippen LogP contribution is 2.31. The second-order valence-corrected chi connectivity index (χ2v) is 8.86. The van der Waals surface area contributed by atoms with Crippen LogP contribution < -0.4 is 10.1 Å². The van der Waals surface area contributed by atoms with E-state index < -0.39 is 27.6 Å². The largest absolute Gasteiger partial charge is 0.489 e. The van der Waals surface area contributed by atoms with Gasteiger partial charge in [-0.2, -0.15) is 4.31 Å². The number of nitrogens with one attached hydrogen (secondary N) is 1. The van der Waals surface area contributed by atoms with Crippen LogP contribution in [0.15, 0.2) is 41.3 Å². The van der Waals surface area contributed by atoms with Gasteiger partial charge in [-0.3, -0.25) is 4.79 Å². The number of carbonyl (C=O) groups is 1. The molecule has 1 amide bonds. The summed E-state index contributed by atoms with van der Waals surface area (Å²) in [7, 11) is -3.82. The number of amides is 1. The minimum atomic E-state index is -3.82. The summed E-state index contributed by atoms with van der Waals surface area (Å²) in [5.41, 5.74) is -0.319. The van der Waals surface area contributed by atoms with Crippen LogP contribution in [0.5, 0.6) is 5.75 Å². The smallest absolute Gasteiger partial charge is 0.258 e.